The highest BCUT2D eigenvalue weighted by atomic mass is 16.4. The number of aliphatic carboxylic acids is 1. The van der Waals surface area contributed by atoms with Crippen LogP contribution in [0.25, 0.3) is 0 Å². The molecule has 0 aliphatic heterocycles. The van der Waals surface area contributed by atoms with E-state index in [1.54, 1.807) is 6.92 Å². The van der Waals surface area contributed by atoms with Crippen molar-refractivity contribution in [3.63, 3.8) is 0 Å². The van der Waals surface area contributed by atoms with Crippen molar-refractivity contribution in [1.82, 2.24) is 9.97 Å². The van der Waals surface area contributed by atoms with Gasteiger partial charge in [-0.2, -0.15) is 0 Å². The van der Waals surface area contributed by atoms with Gasteiger partial charge < -0.3 is 15.2 Å². The largest absolute Gasteiger partial charge is 0.481 e. The van der Waals surface area contributed by atoms with Crippen LogP contribution in [0.15, 0.2) is 6.33 Å². The molecule has 0 unspecified atom stereocenters. The van der Waals surface area contributed by atoms with E-state index in [4.69, 9.17) is 5.11 Å². The van der Waals surface area contributed by atoms with Gasteiger partial charge in [-0.15, -0.1) is 0 Å². The maximum absolute atomic E-state index is 10.2. The van der Waals surface area contributed by atoms with Crippen molar-refractivity contribution in [3.05, 3.63) is 17.7 Å². The van der Waals surface area contributed by atoms with Gasteiger partial charge in [0.05, 0.1) is 18.4 Å². The lowest BCUT2D eigenvalue weighted by atomic mass is 10.1. The summed E-state index contributed by atoms with van der Waals surface area (Å²) in [6, 6.07) is 0. The Kier molecular flexibility index (Phi) is 2.44. The molecule has 1 aromatic heterocycles. The number of aliphatic hydroxyl groups excluding tert-OH is 1. The minimum atomic E-state index is -1.04. The summed E-state index contributed by atoms with van der Waals surface area (Å²) in [5, 5.41) is 17.7. The molecular weight excluding hydrogens is 160 g/mol. The second kappa shape index (κ2) is 3.36. The van der Waals surface area contributed by atoms with Gasteiger partial charge in [0.1, 0.15) is 6.10 Å². The molecule has 0 radical (unpaired) electrons. The van der Waals surface area contributed by atoms with Gasteiger partial charge in [0.2, 0.25) is 0 Å². The Balaban J connectivity index is 2.71. The van der Waals surface area contributed by atoms with Gasteiger partial charge in [-0.1, -0.05) is 0 Å². The van der Waals surface area contributed by atoms with Gasteiger partial charge in [0, 0.05) is 5.69 Å². The van der Waals surface area contributed by atoms with Crippen LogP contribution in [0, 0.1) is 6.92 Å². The van der Waals surface area contributed by atoms with Crippen molar-refractivity contribution in [2.24, 2.45) is 0 Å². The molecule has 0 fully saturated rings. The minimum Gasteiger partial charge on any atom is -0.481 e. The van der Waals surface area contributed by atoms with Gasteiger partial charge in [0.25, 0.3) is 0 Å². The predicted molar refractivity (Wildman–Crippen MR) is 40.5 cm³/mol. The average Bonchev–Trinajstić information content (AvgIpc) is 2.33. The van der Waals surface area contributed by atoms with Crippen LogP contribution in [0.1, 0.15) is 23.9 Å². The Morgan fingerprint density at radius 3 is 2.92 bits per heavy atom. The van der Waals surface area contributed by atoms with E-state index in [1.165, 1.54) is 6.33 Å². The first-order chi connectivity index (χ1) is 5.61. The Labute approximate surface area is 69.1 Å². The number of nitrogens with one attached hydrogen (secondary N) is 1. The number of carboxylic acids is 1. The second-order valence-corrected chi connectivity index (χ2v) is 2.53. The molecule has 0 saturated carbocycles. The van der Waals surface area contributed by atoms with E-state index in [0.717, 1.165) is 0 Å². The number of rotatable bonds is 3. The Morgan fingerprint density at radius 1 is 1.83 bits per heavy atom. The lowest BCUT2D eigenvalue weighted by Gasteiger charge is -2.04. The summed E-state index contributed by atoms with van der Waals surface area (Å²) in [5.74, 6) is -1.04. The molecule has 0 aliphatic rings. The van der Waals surface area contributed by atoms with Crippen LogP contribution in [0.5, 0.6) is 0 Å². The number of aromatic nitrogens is 2. The minimum absolute atomic E-state index is 0.314. The Bertz CT molecular complexity index is 282. The lowest BCUT2D eigenvalue weighted by Crippen LogP contribution is -2.06. The molecule has 66 valence electrons. The van der Waals surface area contributed by atoms with Crippen molar-refractivity contribution in [1.29, 1.82) is 0 Å². The monoisotopic (exact) mass is 170 g/mol. The number of hydrogen-bond acceptors (Lipinski definition) is 3. The van der Waals surface area contributed by atoms with E-state index >= 15 is 0 Å². The van der Waals surface area contributed by atoms with E-state index in [0.29, 0.717) is 11.4 Å². The number of aliphatic hydroxyl groups is 1. The topological polar surface area (TPSA) is 86.2 Å². The van der Waals surface area contributed by atoms with Gasteiger partial charge in [0.15, 0.2) is 0 Å². The number of aryl methyl sites for hydroxylation is 1. The molecule has 1 heterocycles. The average molecular weight is 170 g/mol. The van der Waals surface area contributed by atoms with Gasteiger partial charge in [-0.25, -0.2) is 4.98 Å². The van der Waals surface area contributed by atoms with Crippen molar-refractivity contribution in [2.45, 2.75) is 19.4 Å². The third-order valence-electron chi connectivity index (χ3n) is 1.55. The summed E-state index contributed by atoms with van der Waals surface area (Å²) in [6.45, 7) is 1.73. The molecule has 0 bridgehead atoms. The summed E-state index contributed by atoms with van der Waals surface area (Å²) < 4.78 is 0. The van der Waals surface area contributed by atoms with E-state index in [9.17, 15) is 9.90 Å². The third kappa shape index (κ3) is 1.82. The van der Waals surface area contributed by atoms with Gasteiger partial charge >= 0.3 is 5.97 Å². The SMILES string of the molecule is Cc1[nH]cnc1[C@@H](O)CC(=O)O. The number of aromatic amines is 1. The third-order valence-corrected chi connectivity index (χ3v) is 1.55. The van der Waals surface area contributed by atoms with Crippen molar-refractivity contribution < 1.29 is 15.0 Å². The summed E-state index contributed by atoms with van der Waals surface area (Å²) in [4.78, 5) is 16.8. The van der Waals surface area contributed by atoms with Crippen LogP contribution < -0.4 is 0 Å². The van der Waals surface area contributed by atoms with Crippen molar-refractivity contribution >= 4 is 5.97 Å². The molecule has 0 aromatic carbocycles. The zero-order chi connectivity index (χ0) is 9.14. The maximum atomic E-state index is 10.2. The summed E-state index contributed by atoms with van der Waals surface area (Å²) in [6.07, 6.45) is 0.0929. The second-order valence-electron chi connectivity index (χ2n) is 2.53. The first kappa shape index (κ1) is 8.73. The van der Waals surface area contributed by atoms with Crippen molar-refractivity contribution in [2.75, 3.05) is 0 Å². The fourth-order valence-corrected chi connectivity index (χ4v) is 0.967. The van der Waals surface area contributed by atoms with E-state index in [1.807, 2.05) is 0 Å². The van der Waals surface area contributed by atoms with Crippen molar-refractivity contribution in [3.8, 4) is 0 Å². The van der Waals surface area contributed by atoms with Crippen LogP contribution in [0.4, 0.5) is 0 Å². The lowest BCUT2D eigenvalue weighted by molar-refractivity contribution is -0.139. The highest BCUT2D eigenvalue weighted by Gasteiger charge is 2.15. The maximum Gasteiger partial charge on any atom is 0.306 e. The fourth-order valence-electron chi connectivity index (χ4n) is 0.967. The molecule has 12 heavy (non-hydrogen) atoms. The van der Waals surface area contributed by atoms with Gasteiger partial charge in [-0.3, -0.25) is 4.79 Å². The van der Waals surface area contributed by atoms with E-state index < -0.39 is 12.1 Å². The van der Waals surface area contributed by atoms with Crippen LogP contribution in [0.2, 0.25) is 0 Å². The van der Waals surface area contributed by atoms with E-state index in [2.05, 4.69) is 9.97 Å². The van der Waals surface area contributed by atoms with E-state index in [-0.39, 0.29) is 6.42 Å². The molecule has 5 nitrogen and oxygen atoms in total. The number of hydrogen-bond donors (Lipinski definition) is 3. The molecule has 3 N–H and O–H groups in total. The molecule has 1 rings (SSSR count). The molecular formula is C7H10N2O3. The Hall–Kier alpha value is -1.36. The number of H-pyrrole nitrogens is 1. The van der Waals surface area contributed by atoms with Crippen LogP contribution in [-0.2, 0) is 4.79 Å². The molecule has 0 spiro atoms. The number of carboxylic acid groups (broad SMARTS) is 1. The number of imidazole rings is 1. The van der Waals surface area contributed by atoms with Gasteiger partial charge in [-0.05, 0) is 6.92 Å². The summed E-state index contributed by atoms with van der Waals surface area (Å²) >= 11 is 0. The van der Waals surface area contributed by atoms with Crippen LogP contribution in [-0.4, -0.2) is 26.2 Å². The summed E-state index contributed by atoms with van der Waals surface area (Å²) in [7, 11) is 0. The van der Waals surface area contributed by atoms with Crippen LogP contribution in [0.3, 0.4) is 0 Å². The first-order valence-electron chi connectivity index (χ1n) is 3.51. The molecule has 5 heteroatoms. The molecule has 1 aromatic rings. The number of carbonyl (C=O) groups is 1. The molecule has 0 amide bonds. The Morgan fingerprint density at radius 2 is 2.50 bits per heavy atom. The predicted octanol–water partition coefficient (Wildman–Crippen LogP) is 0.226. The zero-order valence-electron chi connectivity index (χ0n) is 6.61. The summed E-state index contributed by atoms with van der Waals surface area (Å²) in [5.41, 5.74) is 1.10. The normalized spacial score (nSPS) is 12.8. The van der Waals surface area contributed by atoms with Crippen LogP contribution >= 0.6 is 0 Å². The molecule has 1 atom stereocenters. The molecule has 0 aliphatic carbocycles. The standard InChI is InChI=1S/C7H10N2O3/c1-4-7(9-3-8-4)5(10)2-6(11)12/h3,5,10H,2H2,1H3,(H,8,9)(H,11,12)/t5-/m0/s1. The first-order valence-corrected chi connectivity index (χ1v) is 3.51. The quantitative estimate of drug-likeness (QED) is 0.605. The smallest absolute Gasteiger partial charge is 0.306 e. The highest BCUT2D eigenvalue weighted by molar-refractivity contribution is 5.67. The fraction of sp³-hybridized carbons (Fsp3) is 0.429. The zero-order valence-corrected chi connectivity index (χ0v) is 6.61. The molecule has 0 saturated heterocycles. The highest BCUT2D eigenvalue weighted by Crippen LogP contribution is 2.16. The number of nitrogens with zero attached hydrogens (tertiary/aromatic N) is 1.